The predicted octanol–water partition coefficient (Wildman–Crippen LogP) is 3.28. The van der Waals surface area contributed by atoms with E-state index in [1.54, 1.807) is 34.9 Å². The molecule has 3 aromatic carbocycles. The Hall–Kier alpha value is -6.92. The van der Waals surface area contributed by atoms with Gasteiger partial charge in [0.15, 0.2) is 0 Å². The number of likely N-dealkylation sites (N-methyl/N-ethyl adjacent to an activating group) is 2. The quantitative estimate of drug-likeness (QED) is 0.0919. The summed E-state index contributed by atoms with van der Waals surface area (Å²) in [5.41, 5.74) is 4.50. The molecule has 7 rings (SSSR count). The molecule has 8 N–H and O–H groups in total. The van der Waals surface area contributed by atoms with E-state index in [4.69, 9.17) is 0 Å². The number of carbonyl (C=O) groups is 8. The number of nitrogens with one attached hydrogen (secondary N) is 8. The molecule has 1 unspecified atom stereocenters. The van der Waals surface area contributed by atoms with Gasteiger partial charge in [-0.2, -0.15) is 0 Å². The van der Waals surface area contributed by atoms with Crippen molar-refractivity contribution < 1.29 is 38.4 Å². The number of nitrogens with zero attached hydrogens (tertiary/aromatic N) is 2. The number of fused-ring (bicyclic) bond motifs is 2. The van der Waals surface area contributed by atoms with Gasteiger partial charge in [-0.25, -0.2) is 0 Å². The van der Waals surface area contributed by atoms with E-state index in [9.17, 15) is 38.4 Å². The predicted molar refractivity (Wildman–Crippen MR) is 285 cm³/mol. The zero-order valence-electron chi connectivity index (χ0n) is 44.6. The maximum Gasteiger partial charge on any atom is 0.251 e. The van der Waals surface area contributed by atoms with E-state index in [-0.39, 0.29) is 66.9 Å². The lowest BCUT2D eigenvalue weighted by Gasteiger charge is -2.36. The third kappa shape index (κ3) is 13.1. The van der Waals surface area contributed by atoms with Gasteiger partial charge < -0.3 is 52.3 Å². The van der Waals surface area contributed by atoms with Crippen molar-refractivity contribution in [2.75, 3.05) is 27.2 Å². The normalized spacial score (nSPS) is 22.7. The lowest BCUT2D eigenvalue weighted by Crippen LogP contribution is -2.59. The molecule has 0 aromatic heterocycles. The molecule has 2 aliphatic heterocycles. The van der Waals surface area contributed by atoms with Crippen molar-refractivity contribution in [3.8, 4) is 0 Å². The molecule has 2 fully saturated rings. The van der Waals surface area contributed by atoms with Crippen LogP contribution in [-0.2, 0) is 41.6 Å². The lowest BCUT2D eigenvalue weighted by atomic mass is 9.85. The lowest BCUT2D eigenvalue weighted by molar-refractivity contribution is -0.144. The molecule has 75 heavy (non-hydrogen) atoms. The molecular weight excluding hydrogens is 953 g/mol. The highest BCUT2D eigenvalue weighted by molar-refractivity contribution is 5.99. The van der Waals surface area contributed by atoms with Crippen molar-refractivity contribution in [3.05, 3.63) is 118 Å². The average Bonchev–Trinajstić information content (AvgIpc) is 4.03. The van der Waals surface area contributed by atoms with Gasteiger partial charge in [0.2, 0.25) is 35.4 Å². The van der Waals surface area contributed by atoms with Crippen LogP contribution < -0.4 is 42.5 Å². The standard InChI is InChI=1S/C57H76N10O8/c1-32(2)47(64-49(68)33(3)58-8)55(74)66-30-39(28-45(66)53(72)62-43-22-14-18-35-16-10-12-20-41(35)43)60-51(70)37-24-26-38(27-25-37)52(71)61-40-29-46(54(73)63-44-23-15-19-36-17-11-13-21-42(36)44)67(31-40)56(75)48(57(5,6)7)65-50(69)34(4)59-9/h10-13,16-17,20-21,24-27,33-34,39-40,43-48,58-59H,1,14-15,18-19,22-23,28-31H2,2-9H3,(H,60,70)(H,61,71)(H,62,72)(H,63,73)(H,64,68)(H,65,69)/t33-,34-,39-,40-,43+,44?,45-,46-,47-,48+/m0/s1. The maximum atomic E-state index is 14.6. The van der Waals surface area contributed by atoms with Crippen molar-refractivity contribution in [2.24, 2.45) is 5.41 Å². The zero-order chi connectivity index (χ0) is 54.3. The SMILES string of the molecule is C=C(C)[C@H](NC(=O)[C@H](C)NC)C(=O)N1C[C@@H](NC(=O)c2ccc(C(=O)N[C@H]3C[C@@H](C(=O)NC4CCCc5ccccc54)N(C(=O)[C@@H](NC(=O)[C@H](C)NC)C(C)(C)C)C3)cc2)C[C@H]1C(=O)N[C@@H]1CCCc2ccccc21. The molecule has 402 valence electrons. The van der Waals surface area contributed by atoms with Crippen LogP contribution in [0.1, 0.15) is 135 Å². The second-order valence-electron chi connectivity index (χ2n) is 21.8. The highest BCUT2D eigenvalue weighted by atomic mass is 16.2. The highest BCUT2D eigenvalue weighted by Crippen LogP contribution is 2.33. The summed E-state index contributed by atoms with van der Waals surface area (Å²) in [4.78, 5) is 115. The van der Waals surface area contributed by atoms with Crippen molar-refractivity contribution in [3.63, 3.8) is 0 Å². The fourth-order valence-electron chi connectivity index (χ4n) is 10.7. The Balaban J connectivity index is 1.05. The van der Waals surface area contributed by atoms with Crippen LogP contribution in [-0.4, -0.2) is 133 Å². The molecule has 10 atom stereocenters. The van der Waals surface area contributed by atoms with Crippen LogP contribution in [0.3, 0.4) is 0 Å². The van der Waals surface area contributed by atoms with Gasteiger partial charge in [0.1, 0.15) is 24.2 Å². The number of aryl methyl sites for hydroxylation is 2. The molecule has 0 saturated carbocycles. The third-order valence-corrected chi connectivity index (χ3v) is 15.3. The minimum absolute atomic E-state index is 0.0108. The summed E-state index contributed by atoms with van der Waals surface area (Å²) in [6.07, 6.45) is 5.28. The van der Waals surface area contributed by atoms with Crippen LogP contribution in [0.25, 0.3) is 0 Å². The van der Waals surface area contributed by atoms with Crippen molar-refractivity contribution >= 4 is 47.3 Å². The summed E-state index contributed by atoms with van der Waals surface area (Å²) >= 11 is 0. The zero-order valence-corrected chi connectivity index (χ0v) is 44.6. The smallest absolute Gasteiger partial charge is 0.251 e. The van der Waals surface area contributed by atoms with Crippen LogP contribution in [0.2, 0.25) is 0 Å². The molecule has 18 heteroatoms. The van der Waals surface area contributed by atoms with Crippen molar-refractivity contribution in [1.82, 2.24) is 52.3 Å². The number of hydrogen-bond donors (Lipinski definition) is 8. The molecular formula is C57H76N10O8. The highest BCUT2D eigenvalue weighted by Gasteiger charge is 2.47. The fourth-order valence-corrected chi connectivity index (χ4v) is 10.7. The first kappa shape index (κ1) is 55.8. The first-order valence-electron chi connectivity index (χ1n) is 26.4. The largest absolute Gasteiger partial charge is 0.347 e. The van der Waals surface area contributed by atoms with E-state index in [0.717, 1.165) is 55.2 Å². The molecule has 3 aromatic rings. The Bertz CT molecular complexity index is 2650. The molecule has 0 radical (unpaired) electrons. The van der Waals surface area contributed by atoms with Gasteiger partial charge in [-0.05, 0) is 144 Å². The summed E-state index contributed by atoms with van der Waals surface area (Å²) in [6.45, 7) is 14.5. The van der Waals surface area contributed by atoms with Crippen LogP contribution in [0.5, 0.6) is 0 Å². The fraction of sp³-hybridized carbons (Fsp3) is 0.509. The Kier molecular flexibility index (Phi) is 18.0. The number of benzene rings is 3. The topological polar surface area (TPSA) is 239 Å². The summed E-state index contributed by atoms with van der Waals surface area (Å²) < 4.78 is 0. The molecule has 0 spiro atoms. The summed E-state index contributed by atoms with van der Waals surface area (Å²) in [6, 6.07) is 15.0. The van der Waals surface area contributed by atoms with Gasteiger partial charge in [-0.3, -0.25) is 38.4 Å². The monoisotopic (exact) mass is 1030 g/mol. The summed E-state index contributed by atoms with van der Waals surface area (Å²) in [5.74, 6) is -3.43. The second-order valence-corrected chi connectivity index (χ2v) is 21.8. The van der Waals surface area contributed by atoms with Gasteiger partial charge in [-0.1, -0.05) is 75.9 Å². The van der Waals surface area contributed by atoms with Gasteiger partial charge in [0.05, 0.1) is 24.2 Å². The van der Waals surface area contributed by atoms with E-state index < -0.39 is 83.3 Å². The molecule has 0 bridgehead atoms. The van der Waals surface area contributed by atoms with Gasteiger partial charge in [0, 0.05) is 36.3 Å². The molecule has 2 saturated heterocycles. The Morgan fingerprint density at radius 2 is 1.00 bits per heavy atom. The number of rotatable bonds is 17. The number of carbonyl (C=O) groups excluding carboxylic acids is 8. The minimum Gasteiger partial charge on any atom is -0.347 e. The molecule has 8 amide bonds. The first-order chi connectivity index (χ1) is 35.7. The van der Waals surface area contributed by atoms with Crippen LogP contribution in [0, 0.1) is 5.41 Å². The summed E-state index contributed by atoms with van der Waals surface area (Å²) in [7, 11) is 3.28. The van der Waals surface area contributed by atoms with Gasteiger partial charge in [-0.15, -0.1) is 0 Å². The van der Waals surface area contributed by atoms with E-state index in [1.807, 2.05) is 57.2 Å². The van der Waals surface area contributed by atoms with E-state index in [0.29, 0.717) is 5.57 Å². The Morgan fingerprint density at radius 3 is 1.41 bits per heavy atom. The van der Waals surface area contributed by atoms with Crippen molar-refractivity contribution in [1.29, 1.82) is 0 Å². The second kappa shape index (κ2) is 24.2. The van der Waals surface area contributed by atoms with E-state index in [1.165, 1.54) is 39.6 Å². The number of likely N-dealkylation sites (tertiary alicyclic amines) is 2. The van der Waals surface area contributed by atoms with E-state index in [2.05, 4.69) is 61.2 Å². The Labute approximate surface area is 440 Å². The number of hydrogen-bond acceptors (Lipinski definition) is 10. The maximum absolute atomic E-state index is 14.6. The summed E-state index contributed by atoms with van der Waals surface area (Å²) in [5, 5.41) is 23.9. The van der Waals surface area contributed by atoms with Crippen molar-refractivity contribution in [2.45, 2.75) is 153 Å². The molecule has 18 nitrogen and oxygen atoms in total. The first-order valence-corrected chi connectivity index (χ1v) is 26.4. The van der Waals surface area contributed by atoms with Gasteiger partial charge in [0.25, 0.3) is 11.8 Å². The molecule has 4 aliphatic rings. The molecule has 2 aliphatic carbocycles. The average molecular weight is 1030 g/mol. The van der Waals surface area contributed by atoms with E-state index >= 15 is 0 Å². The van der Waals surface area contributed by atoms with Crippen LogP contribution in [0.15, 0.2) is 84.9 Å². The third-order valence-electron chi connectivity index (χ3n) is 15.3. The minimum atomic E-state index is -1.12. The number of amides is 8. The molecule has 2 heterocycles. The van der Waals surface area contributed by atoms with Crippen LogP contribution in [0.4, 0.5) is 0 Å². The van der Waals surface area contributed by atoms with Gasteiger partial charge >= 0.3 is 0 Å². The van der Waals surface area contributed by atoms with Crippen LogP contribution >= 0.6 is 0 Å². The Morgan fingerprint density at radius 1 is 0.587 bits per heavy atom.